The van der Waals surface area contributed by atoms with Gasteiger partial charge in [0, 0.05) is 12.8 Å². The summed E-state index contributed by atoms with van der Waals surface area (Å²) in [4.78, 5) is 20.0. The number of hydrogen-bond acceptors (Lipinski definition) is 2. The summed E-state index contributed by atoms with van der Waals surface area (Å²) in [7, 11) is 0. The van der Waals surface area contributed by atoms with Gasteiger partial charge in [0.15, 0.2) is 0 Å². The molecular weight excluding hydrogens is 150 g/mol. The van der Waals surface area contributed by atoms with E-state index in [0.29, 0.717) is 19.3 Å². The SMILES string of the molecule is O=[13C](O)CCCCC[13C](=O)O. The Hall–Kier alpha value is -1.06. The second-order valence-electron chi connectivity index (χ2n) is 2.35. The van der Waals surface area contributed by atoms with Gasteiger partial charge in [-0.2, -0.15) is 0 Å². The molecule has 4 nitrogen and oxygen atoms in total. The summed E-state index contributed by atoms with van der Waals surface area (Å²) < 4.78 is 0. The maximum Gasteiger partial charge on any atom is 0.303 e. The summed E-state index contributed by atoms with van der Waals surface area (Å²) in [6.45, 7) is 0. The van der Waals surface area contributed by atoms with E-state index in [-0.39, 0.29) is 12.8 Å². The molecule has 0 saturated heterocycles. The Balaban J connectivity index is 3.03. The molecule has 0 aliphatic heterocycles. The highest BCUT2D eigenvalue weighted by molar-refractivity contribution is 5.67. The van der Waals surface area contributed by atoms with Gasteiger partial charge in [-0.15, -0.1) is 0 Å². The van der Waals surface area contributed by atoms with Crippen LogP contribution in [0.25, 0.3) is 0 Å². The largest absolute Gasteiger partial charge is 0.481 e. The third kappa shape index (κ3) is 8.94. The molecular formula is C7H12O4. The van der Waals surface area contributed by atoms with Crippen LogP contribution in [0.4, 0.5) is 0 Å². The molecule has 11 heavy (non-hydrogen) atoms. The van der Waals surface area contributed by atoms with Crippen LogP contribution in [-0.2, 0) is 9.59 Å². The molecule has 0 bridgehead atoms. The van der Waals surface area contributed by atoms with Gasteiger partial charge in [0.2, 0.25) is 0 Å². The van der Waals surface area contributed by atoms with Crippen molar-refractivity contribution >= 4 is 11.9 Å². The predicted molar refractivity (Wildman–Crippen MR) is 38.4 cm³/mol. The van der Waals surface area contributed by atoms with Crippen molar-refractivity contribution in [1.82, 2.24) is 0 Å². The van der Waals surface area contributed by atoms with E-state index in [1.807, 2.05) is 0 Å². The first-order valence-corrected chi connectivity index (χ1v) is 3.56. The highest BCUT2D eigenvalue weighted by Crippen LogP contribution is 2.02. The average Bonchev–Trinajstić information content (AvgIpc) is 1.85. The monoisotopic (exact) mass is 162 g/mol. The van der Waals surface area contributed by atoms with E-state index in [0.717, 1.165) is 0 Å². The van der Waals surface area contributed by atoms with Gasteiger partial charge in [0.05, 0.1) is 0 Å². The fraction of sp³-hybridized carbons (Fsp3) is 0.714. The fourth-order valence-corrected chi connectivity index (χ4v) is 0.729. The Kier molecular flexibility index (Phi) is 5.15. The zero-order valence-electron chi connectivity index (χ0n) is 6.25. The minimum Gasteiger partial charge on any atom is -0.481 e. The van der Waals surface area contributed by atoms with Crippen LogP contribution in [0.5, 0.6) is 0 Å². The highest BCUT2D eigenvalue weighted by Gasteiger charge is 1.98. The van der Waals surface area contributed by atoms with Crippen molar-refractivity contribution in [3.63, 3.8) is 0 Å². The van der Waals surface area contributed by atoms with Crippen molar-refractivity contribution in [3.8, 4) is 0 Å². The predicted octanol–water partition coefficient (Wildman–Crippen LogP) is 1.11. The van der Waals surface area contributed by atoms with Crippen molar-refractivity contribution in [1.29, 1.82) is 0 Å². The summed E-state index contributed by atoms with van der Waals surface area (Å²) in [5, 5.41) is 16.4. The molecule has 0 radical (unpaired) electrons. The summed E-state index contributed by atoms with van der Waals surface area (Å²) in [6, 6.07) is 0. The van der Waals surface area contributed by atoms with Gasteiger partial charge in [-0.25, -0.2) is 0 Å². The second-order valence-corrected chi connectivity index (χ2v) is 2.35. The van der Waals surface area contributed by atoms with E-state index in [2.05, 4.69) is 0 Å². The topological polar surface area (TPSA) is 74.6 Å². The first-order chi connectivity index (χ1) is 5.13. The van der Waals surface area contributed by atoms with Crippen LogP contribution < -0.4 is 0 Å². The minimum absolute atomic E-state index is 0.139. The average molecular weight is 162 g/mol. The second kappa shape index (κ2) is 5.70. The number of carbonyl (C=O) groups is 2. The summed E-state index contributed by atoms with van der Waals surface area (Å²) in [5.41, 5.74) is 0. The number of rotatable bonds is 6. The molecule has 0 fully saturated rings. The molecule has 0 aliphatic rings. The molecule has 0 amide bonds. The van der Waals surface area contributed by atoms with Gasteiger partial charge in [-0.1, -0.05) is 6.42 Å². The lowest BCUT2D eigenvalue weighted by atomic mass is 10.2. The Morgan fingerprint density at radius 3 is 1.45 bits per heavy atom. The number of hydrogen-bond donors (Lipinski definition) is 2. The van der Waals surface area contributed by atoms with Crippen LogP contribution in [0.3, 0.4) is 0 Å². The third-order valence-corrected chi connectivity index (χ3v) is 1.28. The first-order valence-electron chi connectivity index (χ1n) is 3.56. The van der Waals surface area contributed by atoms with Crippen molar-refractivity contribution in [2.24, 2.45) is 0 Å². The molecule has 0 spiro atoms. The Morgan fingerprint density at radius 2 is 1.18 bits per heavy atom. The Labute approximate surface area is 64.8 Å². The van der Waals surface area contributed by atoms with Gasteiger partial charge in [-0.05, 0) is 12.8 Å². The van der Waals surface area contributed by atoms with Gasteiger partial charge in [-0.3, -0.25) is 9.59 Å². The maximum absolute atomic E-state index is 9.98. The molecule has 0 aromatic heterocycles. The standard InChI is InChI=1S/C7H12O4/c8-6(9)4-2-1-3-5-7(10)11/h1-5H2,(H,8,9)(H,10,11)/i6+1,7+1. The van der Waals surface area contributed by atoms with Crippen LogP contribution in [0.1, 0.15) is 32.1 Å². The van der Waals surface area contributed by atoms with E-state index in [1.165, 1.54) is 0 Å². The summed E-state index contributed by atoms with van der Waals surface area (Å²) in [5.74, 6) is -1.64. The normalized spacial score (nSPS) is 9.45. The first kappa shape index (κ1) is 9.94. The molecule has 0 unspecified atom stereocenters. The molecule has 0 heterocycles. The Bertz CT molecular complexity index is 125. The highest BCUT2D eigenvalue weighted by atomic mass is 16.5. The third-order valence-electron chi connectivity index (χ3n) is 1.28. The van der Waals surface area contributed by atoms with Crippen LogP contribution in [-0.4, -0.2) is 22.2 Å². The van der Waals surface area contributed by atoms with E-state index in [4.69, 9.17) is 10.2 Å². The molecule has 0 aromatic rings. The number of carboxylic acids is 2. The van der Waals surface area contributed by atoms with Gasteiger partial charge < -0.3 is 10.2 Å². The summed E-state index contributed by atoms with van der Waals surface area (Å²) in [6.07, 6.45) is 2.10. The number of aliphatic carboxylic acids is 2. The van der Waals surface area contributed by atoms with Crippen LogP contribution in [0, 0.1) is 0 Å². The smallest absolute Gasteiger partial charge is 0.303 e. The quantitative estimate of drug-likeness (QED) is 0.453. The zero-order valence-corrected chi connectivity index (χ0v) is 6.25. The lowest BCUT2D eigenvalue weighted by molar-refractivity contribution is -0.137. The van der Waals surface area contributed by atoms with Crippen molar-refractivity contribution < 1.29 is 19.8 Å². The maximum atomic E-state index is 9.98. The number of carboxylic acid groups (broad SMARTS) is 2. The molecule has 0 aromatic carbocycles. The van der Waals surface area contributed by atoms with Gasteiger partial charge >= 0.3 is 11.9 Å². The molecule has 0 atom stereocenters. The van der Waals surface area contributed by atoms with E-state index >= 15 is 0 Å². The lowest BCUT2D eigenvalue weighted by Gasteiger charge is -1.94. The molecule has 0 saturated carbocycles. The molecule has 64 valence electrons. The fourth-order valence-electron chi connectivity index (χ4n) is 0.729. The van der Waals surface area contributed by atoms with Crippen molar-refractivity contribution in [3.05, 3.63) is 0 Å². The van der Waals surface area contributed by atoms with Gasteiger partial charge in [0.1, 0.15) is 0 Å². The van der Waals surface area contributed by atoms with Crippen LogP contribution in [0.15, 0.2) is 0 Å². The molecule has 2 N–H and O–H groups in total. The molecule has 0 aliphatic carbocycles. The van der Waals surface area contributed by atoms with Crippen LogP contribution >= 0.6 is 0 Å². The van der Waals surface area contributed by atoms with E-state index < -0.39 is 11.9 Å². The Morgan fingerprint density at radius 1 is 0.818 bits per heavy atom. The summed E-state index contributed by atoms with van der Waals surface area (Å²) >= 11 is 0. The van der Waals surface area contributed by atoms with E-state index in [1.54, 1.807) is 0 Å². The van der Waals surface area contributed by atoms with Crippen molar-refractivity contribution in [2.75, 3.05) is 0 Å². The van der Waals surface area contributed by atoms with Crippen LogP contribution in [0.2, 0.25) is 0 Å². The van der Waals surface area contributed by atoms with Crippen molar-refractivity contribution in [2.45, 2.75) is 32.1 Å². The van der Waals surface area contributed by atoms with Gasteiger partial charge in [0.25, 0.3) is 0 Å². The van der Waals surface area contributed by atoms with E-state index in [9.17, 15) is 9.59 Å². The molecule has 4 heteroatoms. The lowest BCUT2D eigenvalue weighted by Crippen LogP contribution is -1.96. The number of unbranched alkanes of at least 4 members (excludes halogenated alkanes) is 2. The molecule has 0 rings (SSSR count). The zero-order chi connectivity index (χ0) is 8.69. The minimum atomic E-state index is -0.819.